The zero-order chi connectivity index (χ0) is 17.0. The van der Waals surface area contributed by atoms with E-state index in [1.54, 1.807) is 12.1 Å². The Kier molecular flexibility index (Phi) is 5.36. The number of benzene rings is 1. The van der Waals surface area contributed by atoms with Gasteiger partial charge in [0.15, 0.2) is 11.5 Å². The van der Waals surface area contributed by atoms with Crippen molar-refractivity contribution in [3.05, 3.63) is 23.8 Å². The second-order valence-corrected chi connectivity index (χ2v) is 7.01. The van der Waals surface area contributed by atoms with Gasteiger partial charge in [0.1, 0.15) is 5.60 Å². The SMILES string of the molecule is CC(C)(C)OC(=O)NC(CNCc1cccc(O)c1O)C1CC1. The fourth-order valence-corrected chi connectivity index (χ4v) is 2.38. The highest BCUT2D eigenvalue weighted by Gasteiger charge is 2.33. The summed E-state index contributed by atoms with van der Waals surface area (Å²) in [5.74, 6) is 0.228. The van der Waals surface area contributed by atoms with Crippen molar-refractivity contribution in [1.29, 1.82) is 0 Å². The molecule has 0 radical (unpaired) electrons. The number of alkyl carbamates (subject to hydrolysis) is 1. The maximum atomic E-state index is 11.9. The van der Waals surface area contributed by atoms with Crippen LogP contribution < -0.4 is 10.6 Å². The molecule has 1 aromatic rings. The van der Waals surface area contributed by atoms with E-state index in [1.165, 1.54) is 6.07 Å². The fraction of sp³-hybridized carbons (Fsp3) is 0.588. The van der Waals surface area contributed by atoms with Gasteiger partial charge in [0.05, 0.1) is 0 Å². The third kappa shape index (κ3) is 5.63. The first-order chi connectivity index (χ1) is 10.8. The Bertz CT molecular complexity index is 550. The molecule has 1 aliphatic carbocycles. The van der Waals surface area contributed by atoms with E-state index in [-0.39, 0.29) is 17.5 Å². The lowest BCUT2D eigenvalue weighted by Gasteiger charge is -2.24. The number of amides is 1. The maximum Gasteiger partial charge on any atom is 0.407 e. The topological polar surface area (TPSA) is 90.8 Å². The van der Waals surface area contributed by atoms with Crippen LogP contribution in [-0.2, 0) is 11.3 Å². The number of hydrogen-bond acceptors (Lipinski definition) is 5. The first-order valence-electron chi connectivity index (χ1n) is 7.96. The number of phenolic OH excluding ortho intramolecular Hbond substituents is 2. The van der Waals surface area contributed by atoms with E-state index in [0.717, 1.165) is 12.8 Å². The van der Waals surface area contributed by atoms with Crippen LogP contribution in [0, 0.1) is 5.92 Å². The molecule has 23 heavy (non-hydrogen) atoms. The monoisotopic (exact) mass is 322 g/mol. The Labute approximate surface area is 136 Å². The van der Waals surface area contributed by atoms with Crippen molar-refractivity contribution in [3.8, 4) is 11.5 Å². The summed E-state index contributed by atoms with van der Waals surface area (Å²) in [4.78, 5) is 11.9. The van der Waals surface area contributed by atoms with Crippen LogP contribution in [0.4, 0.5) is 4.79 Å². The Morgan fingerprint density at radius 1 is 1.35 bits per heavy atom. The molecule has 0 heterocycles. The minimum absolute atomic E-state index is 0.00398. The molecule has 1 atom stereocenters. The van der Waals surface area contributed by atoms with E-state index in [1.807, 2.05) is 20.8 Å². The largest absolute Gasteiger partial charge is 0.504 e. The minimum Gasteiger partial charge on any atom is -0.504 e. The van der Waals surface area contributed by atoms with Gasteiger partial charge in [0, 0.05) is 24.7 Å². The molecule has 0 aliphatic heterocycles. The van der Waals surface area contributed by atoms with Crippen LogP contribution in [-0.4, -0.2) is 34.5 Å². The van der Waals surface area contributed by atoms with Crippen LogP contribution in [0.1, 0.15) is 39.2 Å². The number of rotatable bonds is 6. The second kappa shape index (κ2) is 7.08. The van der Waals surface area contributed by atoms with Crippen LogP contribution in [0.2, 0.25) is 0 Å². The van der Waals surface area contributed by atoms with E-state index < -0.39 is 11.7 Å². The first-order valence-corrected chi connectivity index (χ1v) is 7.96. The number of ether oxygens (including phenoxy) is 1. The molecule has 1 aromatic carbocycles. The van der Waals surface area contributed by atoms with E-state index in [2.05, 4.69) is 10.6 Å². The van der Waals surface area contributed by atoms with Crippen molar-refractivity contribution in [2.75, 3.05) is 6.54 Å². The van der Waals surface area contributed by atoms with Crippen molar-refractivity contribution < 1.29 is 19.7 Å². The Balaban J connectivity index is 1.83. The average Bonchev–Trinajstić information content (AvgIpc) is 3.24. The third-order valence-electron chi connectivity index (χ3n) is 3.67. The van der Waals surface area contributed by atoms with Gasteiger partial charge in [-0.3, -0.25) is 0 Å². The first kappa shape index (κ1) is 17.4. The number of nitrogens with one attached hydrogen (secondary N) is 2. The molecule has 0 saturated heterocycles. The summed E-state index contributed by atoms with van der Waals surface area (Å²) in [6, 6.07) is 4.87. The van der Waals surface area contributed by atoms with Gasteiger partial charge in [-0.05, 0) is 45.6 Å². The molecule has 1 amide bonds. The summed E-state index contributed by atoms with van der Waals surface area (Å²) in [5.41, 5.74) is 0.107. The maximum absolute atomic E-state index is 11.9. The van der Waals surface area contributed by atoms with Crippen LogP contribution >= 0.6 is 0 Å². The second-order valence-electron chi connectivity index (χ2n) is 7.01. The number of para-hydroxylation sites is 1. The molecule has 1 saturated carbocycles. The summed E-state index contributed by atoms with van der Waals surface area (Å²) in [5, 5.41) is 25.4. The molecule has 0 aromatic heterocycles. The lowest BCUT2D eigenvalue weighted by Crippen LogP contribution is -2.45. The summed E-state index contributed by atoms with van der Waals surface area (Å²) >= 11 is 0. The lowest BCUT2D eigenvalue weighted by atomic mass is 10.1. The molecule has 1 aliphatic rings. The highest BCUT2D eigenvalue weighted by atomic mass is 16.6. The summed E-state index contributed by atoms with van der Waals surface area (Å²) < 4.78 is 5.29. The number of phenols is 2. The smallest absolute Gasteiger partial charge is 0.407 e. The normalized spacial score (nSPS) is 16.0. The minimum atomic E-state index is -0.515. The Morgan fingerprint density at radius 2 is 2.04 bits per heavy atom. The molecule has 4 N–H and O–H groups in total. The van der Waals surface area contributed by atoms with Gasteiger partial charge in [0.2, 0.25) is 0 Å². The predicted octanol–water partition coefficient (Wildman–Crippen LogP) is 2.49. The van der Waals surface area contributed by atoms with E-state index >= 15 is 0 Å². The van der Waals surface area contributed by atoms with Crippen LogP contribution in [0.25, 0.3) is 0 Å². The molecular formula is C17H26N2O4. The highest BCUT2D eigenvalue weighted by Crippen LogP contribution is 2.33. The van der Waals surface area contributed by atoms with Crippen LogP contribution in [0.5, 0.6) is 11.5 Å². The number of carbonyl (C=O) groups is 1. The Hall–Kier alpha value is -1.95. The molecule has 0 spiro atoms. The molecule has 128 valence electrons. The van der Waals surface area contributed by atoms with Gasteiger partial charge in [-0.2, -0.15) is 0 Å². The van der Waals surface area contributed by atoms with Crippen molar-refractivity contribution in [2.45, 2.75) is 51.8 Å². The van der Waals surface area contributed by atoms with Crippen molar-refractivity contribution in [1.82, 2.24) is 10.6 Å². The van der Waals surface area contributed by atoms with Crippen molar-refractivity contribution in [3.63, 3.8) is 0 Å². The Morgan fingerprint density at radius 3 is 2.65 bits per heavy atom. The molecule has 6 nitrogen and oxygen atoms in total. The summed E-state index contributed by atoms with van der Waals surface area (Å²) in [6.07, 6.45) is 1.79. The quantitative estimate of drug-likeness (QED) is 0.604. The van der Waals surface area contributed by atoms with Gasteiger partial charge >= 0.3 is 6.09 Å². The number of hydrogen-bond donors (Lipinski definition) is 4. The third-order valence-corrected chi connectivity index (χ3v) is 3.67. The van der Waals surface area contributed by atoms with E-state index in [0.29, 0.717) is 24.6 Å². The summed E-state index contributed by atoms with van der Waals surface area (Å²) in [6.45, 7) is 6.50. The zero-order valence-corrected chi connectivity index (χ0v) is 13.9. The van der Waals surface area contributed by atoms with E-state index in [9.17, 15) is 15.0 Å². The van der Waals surface area contributed by atoms with Gasteiger partial charge in [0.25, 0.3) is 0 Å². The molecule has 2 rings (SSSR count). The molecule has 1 unspecified atom stereocenters. The van der Waals surface area contributed by atoms with Crippen molar-refractivity contribution >= 4 is 6.09 Å². The standard InChI is InChI=1S/C17H26N2O4/c1-17(2,3)23-16(22)19-13(11-7-8-11)10-18-9-12-5-4-6-14(20)15(12)21/h4-6,11,13,18,20-21H,7-10H2,1-3H3,(H,19,22). The molecule has 1 fully saturated rings. The molecular weight excluding hydrogens is 296 g/mol. The summed E-state index contributed by atoms with van der Waals surface area (Å²) in [7, 11) is 0. The van der Waals surface area contributed by atoms with E-state index in [4.69, 9.17) is 4.74 Å². The molecule has 0 bridgehead atoms. The zero-order valence-electron chi connectivity index (χ0n) is 13.9. The average molecular weight is 322 g/mol. The highest BCUT2D eigenvalue weighted by molar-refractivity contribution is 5.68. The molecule has 6 heteroatoms. The van der Waals surface area contributed by atoms with Gasteiger partial charge in [-0.25, -0.2) is 4.79 Å². The van der Waals surface area contributed by atoms with Crippen LogP contribution in [0.15, 0.2) is 18.2 Å². The van der Waals surface area contributed by atoms with Gasteiger partial charge in [-0.1, -0.05) is 12.1 Å². The van der Waals surface area contributed by atoms with Crippen molar-refractivity contribution in [2.24, 2.45) is 5.92 Å². The predicted molar refractivity (Wildman–Crippen MR) is 87.4 cm³/mol. The van der Waals surface area contributed by atoms with Crippen LogP contribution in [0.3, 0.4) is 0 Å². The van der Waals surface area contributed by atoms with Gasteiger partial charge < -0.3 is 25.6 Å². The number of carbonyl (C=O) groups excluding carboxylic acids is 1. The fourth-order valence-electron chi connectivity index (χ4n) is 2.38. The number of aromatic hydroxyl groups is 2. The lowest BCUT2D eigenvalue weighted by molar-refractivity contribution is 0.0497. The van der Waals surface area contributed by atoms with Gasteiger partial charge in [-0.15, -0.1) is 0 Å².